The van der Waals surface area contributed by atoms with Gasteiger partial charge in [0, 0.05) is 26.1 Å². The van der Waals surface area contributed by atoms with Gasteiger partial charge < -0.3 is 15.1 Å². The van der Waals surface area contributed by atoms with E-state index in [1.54, 1.807) is 34.0 Å². The third-order valence-electron chi connectivity index (χ3n) is 8.29. The largest absolute Gasteiger partial charge is 0.336 e. The van der Waals surface area contributed by atoms with E-state index in [2.05, 4.69) is 11.9 Å². The van der Waals surface area contributed by atoms with Gasteiger partial charge in [0.1, 0.15) is 18.0 Å². The normalized spacial score (nSPS) is 20.9. The van der Waals surface area contributed by atoms with Gasteiger partial charge in [0.2, 0.25) is 11.8 Å². The minimum Gasteiger partial charge on any atom is -0.336 e. The van der Waals surface area contributed by atoms with Gasteiger partial charge in [0.05, 0.1) is 13.1 Å². The van der Waals surface area contributed by atoms with Crippen LogP contribution in [0.4, 0.5) is 9.18 Å². The summed E-state index contributed by atoms with van der Waals surface area (Å²) in [6, 6.07) is 14.8. The number of urea groups is 1. The lowest BCUT2D eigenvalue weighted by molar-refractivity contribution is -0.190. The van der Waals surface area contributed by atoms with E-state index in [9.17, 15) is 18.8 Å². The van der Waals surface area contributed by atoms with E-state index in [1.807, 2.05) is 75.4 Å². The van der Waals surface area contributed by atoms with Crippen molar-refractivity contribution in [2.75, 3.05) is 26.7 Å². The number of amides is 4. The second-order valence-corrected chi connectivity index (χ2v) is 11.2. The molecule has 8 nitrogen and oxygen atoms in total. The topological polar surface area (TPSA) is 76.2 Å². The predicted molar refractivity (Wildman–Crippen MR) is 166 cm³/mol. The lowest BCUT2D eigenvalue weighted by Gasteiger charge is -2.55. The Balaban J connectivity index is 1.66. The molecule has 2 aliphatic rings. The lowest BCUT2D eigenvalue weighted by Crippen LogP contribution is -2.76. The summed E-state index contributed by atoms with van der Waals surface area (Å²) in [5.74, 6) is -0.972. The molecular weight excluding hydrogens is 545 g/mol. The zero-order valence-electron chi connectivity index (χ0n) is 25.4. The molecule has 43 heavy (non-hydrogen) atoms. The van der Waals surface area contributed by atoms with Crippen LogP contribution in [-0.4, -0.2) is 76.6 Å². The molecular formula is C34H42FN5O3. The molecule has 4 amide bonds. The zero-order valence-corrected chi connectivity index (χ0v) is 25.4. The van der Waals surface area contributed by atoms with Gasteiger partial charge in [0.25, 0.3) is 0 Å². The molecule has 228 valence electrons. The Morgan fingerprint density at radius 2 is 1.81 bits per heavy atom. The average molecular weight is 588 g/mol. The van der Waals surface area contributed by atoms with E-state index in [0.29, 0.717) is 13.0 Å². The zero-order chi connectivity index (χ0) is 31.1. The summed E-state index contributed by atoms with van der Waals surface area (Å²) in [7, 11) is 1.70. The van der Waals surface area contributed by atoms with Crippen LogP contribution in [0.1, 0.15) is 44.2 Å². The van der Waals surface area contributed by atoms with Gasteiger partial charge in [0.15, 0.2) is 0 Å². The van der Waals surface area contributed by atoms with E-state index in [1.165, 1.54) is 17.1 Å². The second kappa shape index (κ2) is 14.3. The standard InChI is InChI=1S/C34H42FN5O3/c1-6-8-10-13-25(4)29(27-14-11-9-12-15-27)21-38-22-30-39(32(33(38)42)24(3)7-2)31(41)23-37(5)40(30)34(43)36-20-26-16-18-28(35)19-17-26/h6,8-19,24,29-30,32H,4,7,20-23H2,1-3,5H3,(H,36,43)/b8-6-,13-10-/t24?,29?,30-,32-/m0/s1. The number of rotatable bonds is 10. The Labute approximate surface area is 254 Å². The number of hydrogen-bond acceptors (Lipinski definition) is 4. The average Bonchev–Trinajstić information content (AvgIpc) is 3.00. The first-order valence-corrected chi connectivity index (χ1v) is 14.8. The summed E-state index contributed by atoms with van der Waals surface area (Å²) >= 11 is 0. The monoisotopic (exact) mass is 587 g/mol. The van der Waals surface area contributed by atoms with Crippen LogP contribution >= 0.6 is 0 Å². The fourth-order valence-electron chi connectivity index (χ4n) is 5.77. The van der Waals surface area contributed by atoms with Gasteiger partial charge in [-0.2, -0.15) is 0 Å². The Bertz CT molecular complexity index is 1360. The van der Waals surface area contributed by atoms with Crippen LogP contribution in [-0.2, 0) is 16.1 Å². The molecule has 0 aliphatic carbocycles. The third kappa shape index (κ3) is 7.22. The maximum Gasteiger partial charge on any atom is 0.334 e. The van der Waals surface area contributed by atoms with E-state index in [0.717, 1.165) is 16.7 Å². The van der Waals surface area contributed by atoms with Crippen molar-refractivity contribution in [1.82, 2.24) is 25.1 Å². The molecule has 0 spiro atoms. The van der Waals surface area contributed by atoms with Crippen molar-refractivity contribution < 1.29 is 18.8 Å². The second-order valence-electron chi connectivity index (χ2n) is 11.2. The van der Waals surface area contributed by atoms with Crippen LogP contribution in [0.15, 0.2) is 91.1 Å². The maximum atomic E-state index is 14.2. The molecule has 0 radical (unpaired) electrons. The lowest BCUT2D eigenvalue weighted by atomic mass is 9.88. The number of likely N-dealkylation sites (N-methyl/N-ethyl adjacent to an activating group) is 1. The molecule has 0 bridgehead atoms. The number of halogens is 1. The number of carbonyl (C=O) groups excluding carboxylic acids is 3. The van der Waals surface area contributed by atoms with Crippen molar-refractivity contribution >= 4 is 17.8 Å². The third-order valence-corrected chi connectivity index (χ3v) is 8.29. The Kier molecular flexibility index (Phi) is 10.5. The number of nitrogens with one attached hydrogen (secondary N) is 1. The molecule has 2 aromatic rings. The van der Waals surface area contributed by atoms with Crippen molar-refractivity contribution in [3.8, 4) is 0 Å². The molecule has 4 atom stereocenters. The highest BCUT2D eigenvalue weighted by Gasteiger charge is 2.52. The number of piperazine rings is 1. The molecule has 2 unspecified atom stereocenters. The molecule has 0 aromatic heterocycles. The summed E-state index contributed by atoms with van der Waals surface area (Å²) in [6.45, 7) is 10.9. The van der Waals surface area contributed by atoms with Gasteiger partial charge in [-0.3, -0.25) is 9.59 Å². The summed E-state index contributed by atoms with van der Waals surface area (Å²) in [5.41, 5.74) is 2.62. The molecule has 9 heteroatoms. The molecule has 4 rings (SSSR count). The number of carbonyl (C=O) groups is 3. The minimum absolute atomic E-state index is 0.0279. The van der Waals surface area contributed by atoms with E-state index < -0.39 is 18.2 Å². The SMILES string of the molecule is C=C(/C=C\C=C/C)C(CN1C[C@H]2N(C(=O)CN(C)N2C(=O)NCc2ccc(F)cc2)[C@@H](C(C)CC)C1=O)c1ccccc1. The van der Waals surface area contributed by atoms with Gasteiger partial charge in [-0.25, -0.2) is 19.2 Å². The van der Waals surface area contributed by atoms with Crippen LogP contribution in [0.25, 0.3) is 0 Å². The number of benzene rings is 2. The smallest absolute Gasteiger partial charge is 0.334 e. The van der Waals surface area contributed by atoms with Crippen molar-refractivity contribution in [2.45, 2.75) is 51.9 Å². The molecule has 2 aliphatic heterocycles. The van der Waals surface area contributed by atoms with E-state index >= 15 is 0 Å². The number of nitrogens with zero attached hydrogens (tertiary/aromatic N) is 4. The van der Waals surface area contributed by atoms with Crippen LogP contribution in [0.5, 0.6) is 0 Å². The first kappa shape index (κ1) is 31.7. The fourth-order valence-corrected chi connectivity index (χ4v) is 5.77. The van der Waals surface area contributed by atoms with Crippen molar-refractivity contribution in [1.29, 1.82) is 0 Å². The van der Waals surface area contributed by atoms with Crippen LogP contribution in [0.2, 0.25) is 0 Å². The first-order valence-electron chi connectivity index (χ1n) is 14.8. The van der Waals surface area contributed by atoms with Crippen molar-refractivity contribution in [3.05, 3.63) is 108 Å². The van der Waals surface area contributed by atoms with Crippen LogP contribution < -0.4 is 5.32 Å². The minimum atomic E-state index is -0.708. The molecule has 2 aromatic carbocycles. The summed E-state index contributed by atoms with van der Waals surface area (Å²) in [6.07, 6.45) is 7.75. The van der Waals surface area contributed by atoms with Crippen LogP contribution in [0.3, 0.4) is 0 Å². The van der Waals surface area contributed by atoms with E-state index in [-0.39, 0.29) is 49.1 Å². The number of hydrazine groups is 1. The molecule has 2 saturated heterocycles. The molecule has 2 fully saturated rings. The Morgan fingerprint density at radius 1 is 1.12 bits per heavy atom. The van der Waals surface area contributed by atoms with Crippen LogP contribution in [0, 0.1) is 11.7 Å². The highest BCUT2D eigenvalue weighted by molar-refractivity contribution is 5.91. The summed E-state index contributed by atoms with van der Waals surface area (Å²) in [4.78, 5) is 44.7. The number of hydrogen-bond donors (Lipinski definition) is 1. The fraction of sp³-hybridized carbons (Fsp3) is 0.382. The highest BCUT2D eigenvalue weighted by Crippen LogP contribution is 2.33. The predicted octanol–water partition coefficient (Wildman–Crippen LogP) is 5.08. The quantitative estimate of drug-likeness (QED) is 0.394. The molecule has 0 saturated carbocycles. The van der Waals surface area contributed by atoms with Gasteiger partial charge in [-0.05, 0) is 41.7 Å². The van der Waals surface area contributed by atoms with Gasteiger partial charge in [-0.15, -0.1) is 0 Å². The van der Waals surface area contributed by atoms with Crippen molar-refractivity contribution in [2.24, 2.45) is 5.92 Å². The molecule has 2 heterocycles. The first-order chi connectivity index (χ1) is 20.7. The Hall–Kier alpha value is -4.24. The van der Waals surface area contributed by atoms with E-state index in [4.69, 9.17) is 0 Å². The van der Waals surface area contributed by atoms with Gasteiger partial charge >= 0.3 is 6.03 Å². The van der Waals surface area contributed by atoms with Gasteiger partial charge in [-0.1, -0.05) is 93.6 Å². The highest BCUT2D eigenvalue weighted by atomic mass is 19.1. The Morgan fingerprint density at radius 3 is 2.47 bits per heavy atom. The maximum absolute atomic E-state index is 14.2. The summed E-state index contributed by atoms with van der Waals surface area (Å²) < 4.78 is 13.4. The number of fused-ring (bicyclic) bond motifs is 1. The summed E-state index contributed by atoms with van der Waals surface area (Å²) in [5, 5.41) is 6.07. The molecule has 1 N–H and O–H groups in total. The van der Waals surface area contributed by atoms with Crippen molar-refractivity contribution in [3.63, 3.8) is 0 Å². The number of allylic oxidation sites excluding steroid dienone is 4.